The third kappa shape index (κ3) is 2.79. The molecule has 0 aromatic carbocycles. The fourth-order valence-corrected chi connectivity index (χ4v) is 3.06. The lowest BCUT2D eigenvalue weighted by molar-refractivity contribution is -0.168. The van der Waals surface area contributed by atoms with Crippen molar-refractivity contribution in [2.75, 3.05) is 0 Å². The van der Waals surface area contributed by atoms with Gasteiger partial charge in [0.05, 0.1) is 29.1 Å². The van der Waals surface area contributed by atoms with Crippen LogP contribution in [0.1, 0.15) is 34.6 Å². The summed E-state index contributed by atoms with van der Waals surface area (Å²) in [7, 11) is -0.979. The number of hydrogen-bond acceptors (Lipinski definition) is 3. The van der Waals surface area contributed by atoms with Crippen LogP contribution in [0, 0.1) is 29.1 Å². The Morgan fingerprint density at radius 1 is 1.09 bits per heavy atom. The molecular weight excluding hydrogens is 294 g/mol. The fourth-order valence-electron chi connectivity index (χ4n) is 3.06. The fraction of sp³-hybridized carbons (Fsp3) is 0.800. The number of nitriles is 1. The molecule has 3 nitrogen and oxygen atoms in total. The number of hydrogen-bond donors (Lipinski definition) is 0. The third-order valence-corrected chi connectivity index (χ3v) is 5.23. The maximum atomic E-state index is 13.4. The van der Waals surface area contributed by atoms with Gasteiger partial charge < -0.3 is 9.31 Å². The molecule has 1 aliphatic heterocycles. The van der Waals surface area contributed by atoms with E-state index < -0.39 is 48.1 Å². The van der Waals surface area contributed by atoms with Gasteiger partial charge in [0.15, 0.2) is 0 Å². The molecular formula is C15H21BF3NO2. The average Bonchev–Trinajstić information content (AvgIpc) is 2.56. The van der Waals surface area contributed by atoms with Gasteiger partial charge in [0.1, 0.15) is 0 Å². The van der Waals surface area contributed by atoms with Crippen molar-refractivity contribution >= 4 is 7.12 Å². The zero-order valence-corrected chi connectivity index (χ0v) is 13.4. The van der Waals surface area contributed by atoms with Gasteiger partial charge in [-0.25, -0.2) is 0 Å². The Balaban J connectivity index is 2.38. The quantitative estimate of drug-likeness (QED) is 0.543. The molecule has 4 atom stereocenters. The van der Waals surface area contributed by atoms with Crippen LogP contribution in [0.25, 0.3) is 0 Å². The molecule has 0 saturated carbocycles. The number of alkyl halides is 3. The first-order valence-corrected chi connectivity index (χ1v) is 7.41. The van der Waals surface area contributed by atoms with Crippen molar-refractivity contribution in [3.8, 4) is 6.07 Å². The third-order valence-electron chi connectivity index (χ3n) is 5.23. The highest BCUT2D eigenvalue weighted by Gasteiger charge is 2.60. The zero-order valence-electron chi connectivity index (χ0n) is 13.4. The van der Waals surface area contributed by atoms with Crippen LogP contribution in [-0.2, 0) is 9.31 Å². The molecule has 122 valence electrons. The van der Waals surface area contributed by atoms with Crippen LogP contribution in [0.3, 0.4) is 0 Å². The van der Waals surface area contributed by atoms with Crippen molar-refractivity contribution in [3.05, 3.63) is 12.2 Å². The average molecular weight is 315 g/mol. The summed E-state index contributed by atoms with van der Waals surface area (Å²) in [5.74, 6) is -3.67. The lowest BCUT2D eigenvalue weighted by atomic mass is 9.54. The van der Waals surface area contributed by atoms with E-state index >= 15 is 0 Å². The number of nitrogens with zero attached hydrogens (tertiary/aromatic N) is 1. The molecule has 0 radical (unpaired) electrons. The molecule has 0 bridgehead atoms. The summed E-state index contributed by atoms with van der Waals surface area (Å²) >= 11 is 0. The van der Waals surface area contributed by atoms with Crippen molar-refractivity contribution < 1.29 is 22.5 Å². The van der Waals surface area contributed by atoms with E-state index in [-0.39, 0.29) is 0 Å². The van der Waals surface area contributed by atoms with E-state index in [1.54, 1.807) is 34.6 Å². The second kappa shape index (κ2) is 5.28. The monoisotopic (exact) mass is 315 g/mol. The topological polar surface area (TPSA) is 42.2 Å². The van der Waals surface area contributed by atoms with Gasteiger partial charge in [-0.2, -0.15) is 18.4 Å². The summed E-state index contributed by atoms with van der Waals surface area (Å²) < 4.78 is 51.8. The van der Waals surface area contributed by atoms with Crippen LogP contribution in [0.4, 0.5) is 13.2 Å². The first-order valence-electron chi connectivity index (χ1n) is 7.41. The van der Waals surface area contributed by atoms with Gasteiger partial charge in [0.2, 0.25) is 0 Å². The summed E-state index contributed by atoms with van der Waals surface area (Å²) in [4.78, 5) is 0. The van der Waals surface area contributed by atoms with Crippen molar-refractivity contribution in [1.29, 1.82) is 5.26 Å². The maximum Gasteiger partial charge on any atom is 0.462 e. The van der Waals surface area contributed by atoms with E-state index in [4.69, 9.17) is 14.6 Å². The molecule has 2 aliphatic rings. The largest absolute Gasteiger partial charge is 0.462 e. The first-order chi connectivity index (χ1) is 9.90. The predicted octanol–water partition coefficient (Wildman–Crippen LogP) is 3.97. The van der Waals surface area contributed by atoms with Crippen LogP contribution in [-0.4, -0.2) is 24.5 Å². The molecule has 1 aliphatic carbocycles. The molecule has 7 heteroatoms. The summed E-state index contributed by atoms with van der Waals surface area (Å²) in [6, 6.07) is 2.06. The molecule has 0 aromatic rings. The van der Waals surface area contributed by atoms with Gasteiger partial charge in [-0.15, -0.1) is 0 Å². The van der Waals surface area contributed by atoms with Crippen molar-refractivity contribution in [3.63, 3.8) is 0 Å². The molecule has 4 unspecified atom stereocenters. The van der Waals surface area contributed by atoms with Gasteiger partial charge in [-0.1, -0.05) is 19.1 Å². The molecule has 2 rings (SSSR count). The molecule has 1 fully saturated rings. The van der Waals surface area contributed by atoms with Crippen LogP contribution in [0.15, 0.2) is 12.2 Å². The number of rotatable bonds is 1. The second-order valence-electron chi connectivity index (χ2n) is 7.17. The van der Waals surface area contributed by atoms with Crippen LogP contribution in [0.5, 0.6) is 0 Å². The Bertz CT molecular complexity index is 494. The highest BCUT2D eigenvalue weighted by atomic mass is 19.4. The number of halogens is 3. The van der Waals surface area contributed by atoms with Crippen molar-refractivity contribution in [2.45, 2.75) is 57.8 Å². The minimum absolute atomic E-state index is 0.503. The summed E-state index contributed by atoms with van der Waals surface area (Å²) in [5, 5.41) is 9.15. The van der Waals surface area contributed by atoms with Gasteiger partial charge in [-0.05, 0) is 33.6 Å². The smallest absolute Gasteiger partial charge is 0.403 e. The van der Waals surface area contributed by atoms with E-state index in [0.717, 1.165) is 6.08 Å². The molecule has 0 spiro atoms. The molecule has 0 N–H and O–H groups in total. The van der Waals surface area contributed by atoms with Crippen LogP contribution in [0.2, 0.25) is 5.82 Å². The van der Waals surface area contributed by atoms with E-state index in [2.05, 4.69) is 6.07 Å². The van der Waals surface area contributed by atoms with Gasteiger partial charge in [0.25, 0.3) is 0 Å². The van der Waals surface area contributed by atoms with Gasteiger partial charge in [-0.3, -0.25) is 0 Å². The zero-order chi connectivity index (χ0) is 16.9. The Morgan fingerprint density at radius 2 is 1.59 bits per heavy atom. The normalized spacial score (nSPS) is 37.1. The SMILES string of the molecule is CC1C(C#N)C=CC(C(F)(F)F)C1B1OC(C)(C)C(C)(C)O1. The minimum atomic E-state index is -4.39. The molecule has 0 amide bonds. The van der Waals surface area contributed by atoms with E-state index in [9.17, 15) is 13.2 Å². The highest BCUT2D eigenvalue weighted by Crippen LogP contribution is 2.52. The van der Waals surface area contributed by atoms with Gasteiger partial charge in [0, 0.05) is 5.82 Å². The molecule has 1 heterocycles. The second-order valence-corrected chi connectivity index (χ2v) is 7.17. The first kappa shape index (κ1) is 17.4. The summed E-state index contributed by atoms with van der Waals surface area (Å²) in [6.45, 7) is 8.88. The standard InChI is InChI=1S/C15H21BF3NO2/c1-9-10(8-20)6-7-11(15(17,18)19)12(9)16-21-13(2,3)14(4,5)22-16/h6-7,9-12H,1-5H3. The highest BCUT2D eigenvalue weighted by molar-refractivity contribution is 6.47. The van der Waals surface area contributed by atoms with E-state index in [0.29, 0.717) is 0 Å². The van der Waals surface area contributed by atoms with E-state index in [1.165, 1.54) is 6.08 Å². The Hall–Kier alpha value is -0.995. The minimum Gasteiger partial charge on any atom is -0.403 e. The summed E-state index contributed by atoms with van der Waals surface area (Å²) in [6.07, 6.45) is -1.95. The Kier molecular flexibility index (Phi) is 4.16. The van der Waals surface area contributed by atoms with Crippen molar-refractivity contribution in [1.82, 2.24) is 0 Å². The predicted molar refractivity (Wildman–Crippen MR) is 76.8 cm³/mol. The van der Waals surface area contributed by atoms with Crippen LogP contribution < -0.4 is 0 Å². The Morgan fingerprint density at radius 3 is 2.00 bits per heavy atom. The lowest BCUT2D eigenvalue weighted by Gasteiger charge is -2.37. The van der Waals surface area contributed by atoms with Crippen molar-refractivity contribution in [2.24, 2.45) is 17.8 Å². The van der Waals surface area contributed by atoms with Crippen LogP contribution >= 0.6 is 0 Å². The molecule has 0 aromatic heterocycles. The van der Waals surface area contributed by atoms with Gasteiger partial charge >= 0.3 is 13.3 Å². The lowest BCUT2D eigenvalue weighted by Crippen LogP contribution is -2.43. The molecule has 1 saturated heterocycles. The number of allylic oxidation sites excluding steroid dienone is 2. The molecule has 22 heavy (non-hydrogen) atoms. The maximum absolute atomic E-state index is 13.4. The van der Waals surface area contributed by atoms with E-state index in [1.807, 2.05) is 0 Å². The Labute approximate surface area is 129 Å². The summed E-state index contributed by atoms with van der Waals surface area (Å²) in [5.41, 5.74) is -1.40.